The molecule has 2 atom stereocenters. The third kappa shape index (κ3) is 5.62. The van der Waals surface area contributed by atoms with Crippen LogP contribution in [0, 0.1) is 0 Å². The van der Waals surface area contributed by atoms with Crippen LogP contribution in [-0.4, -0.2) is 23.4 Å². The molecule has 0 bridgehead atoms. The van der Waals surface area contributed by atoms with Gasteiger partial charge in [0.15, 0.2) is 0 Å². The Kier molecular flexibility index (Phi) is 7.13. The Bertz CT molecular complexity index is 1140. The van der Waals surface area contributed by atoms with Gasteiger partial charge in [-0.2, -0.15) is 0 Å². The predicted molar refractivity (Wildman–Crippen MR) is 139 cm³/mol. The lowest BCUT2D eigenvalue weighted by atomic mass is 10.0. The summed E-state index contributed by atoms with van der Waals surface area (Å²) in [6.45, 7) is 2.24. The number of nitrogens with zero attached hydrogens (tertiary/aromatic N) is 2. The summed E-state index contributed by atoms with van der Waals surface area (Å²) in [6.07, 6.45) is 0.848. The fourth-order valence-electron chi connectivity index (χ4n) is 4.54. The highest BCUT2D eigenvalue weighted by Crippen LogP contribution is 2.27. The van der Waals surface area contributed by atoms with Gasteiger partial charge in [-0.1, -0.05) is 121 Å². The zero-order valence-electron chi connectivity index (χ0n) is 19.3. The lowest BCUT2D eigenvalue weighted by Crippen LogP contribution is -2.42. The standard InChI is InChI=1S/C31H30N2O/c1-5-13-25(14-6-1)21-30(31-32-29(24-34-31)28-19-11-4-12-20-28)33(22-26-15-7-2-8-16-26)23-27-17-9-3-10-18-27/h1-20,29-30H,21-24H2/t29-,30-/m0/s1. The Morgan fingerprint density at radius 3 is 1.65 bits per heavy atom. The molecule has 0 spiro atoms. The van der Waals surface area contributed by atoms with Gasteiger partial charge in [-0.25, -0.2) is 4.99 Å². The number of hydrogen-bond acceptors (Lipinski definition) is 3. The fourth-order valence-corrected chi connectivity index (χ4v) is 4.54. The highest BCUT2D eigenvalue weighted by molar-refractivity contribution is 5.83. The smallest absolute Gasteiger partial charge is 0.202 e. The molecule has 0 radical (unpaired) electrons. The van der Waals surface area contributed by atoms with E-state index in [1.165, 1.54) is 22.3 Å². The maximum Gasteiger partial charge on any atom is 0.202 e. The van der Waals surface area contributed by atoms with Crippen LogP contribution in [0.1, 0.15) is 28.3 Å². The summed E-state index contributed by atoms with van der Waals surface area (Å²) in [5, 5.41) is 0. The van der Waals surface area contributed by atoms with Crippen molar-refractivity contribution in [3.63, 3.8) is 0 Å². The zero-order valence-corrected chi connectivity index (χ0v) is 19.3. The van der Waals surface area contributed by atoms with E-state index in [0.29, 0.717) is 6.61 Å². The summed E-state index contributed by atoms with van der Waals surface area (Å²) in [6, 6.07) is 42.6. The maximum atomic E-state index is 6.32. The molecule has 34 heavy (non-hydrogen) atoms. The molecule has 3 nitrogen and oxygen atoms in total. The van der Waals surface area contributed by atoms with Gasteiger partial charge in [0, 0.05) is 13.1 Å². The van der Waals surface area contributed by atoms with Gasteiger partial charge in [0.05, 0.1) is 6.04 Å². The van der Waals surface area contributed by atoms with E-state index in [2.05, 4.69) is 120 Å². The van der Waals surface area contributed by atoms with Crippen molar-refractivity contribution in [2.24, 2.45) is 4.99 Å². The molecule has 0 saturated heterocycles. The largest absolute Gasteiger partial charge is 0.477 e. The van der Waals surface area contributed by atoms with Crippen molar-refractivity contribution >= 4 is 5.90 Å². The molecule has 0 fully saturated rings. The zero-order chi connectivity index (χ0) is 23.0. The minimum absolute atomic E-state index is 0.0384. The Balaban J connectivity index is 1.50. The third-order valence-corrected chi connectivity index (χ3v) is 6.31. The van der Waals surface area contributed by atoms with E-state index in [9.17, 15) is 0 Å². The van der Waals surface area contributed by atoms with Crippen LogP contribution in [0.2, 0.25) is 0 Å². The minimum Gasteiger partial charge on any atom is -0.477 e. The molecule has 5 rings (SSSR count). The van der Waals surface area contributed by atoms with Crippen LogP contribution >= 0.6 is 0 Å². The van der Waals surface area contributed by atoms with E-state index in [4.69, 9.17) is 9.73 Å². The molecule has 0 aliphatic carbocycles. The van der Waals surface area contributed by atoms with Gasteiger partial charge in [0.1, 0.15) is 12.6 Å². The normalized spacial score (nSPS) is 16.1. The number of rotatable bonds is 9. The SMILES string of the molecule is c1ccc(C[C@@H](C2=N[C@H](c3ccccc3)CO2)N(Cc2ccccc2)Cc2ccccc2)cc1. The second-order valence-corrected chi connectivity index (χ2v) is 8.79. The molecule has 0 N–H and O–H groups in total. The average Bonchev–Trinajstić information content (AvgIpc) is 3.39. The first-order valence-electron chi connectivity index (χ1n) is 12.0. The summed E-state index contributed by atoms with van der Waals surface area (Å²) >= 11 is 0. The van der Waals surface area contributed by atoms with Crippen LogP contribution in [0.4, 0.5) is 0 Å². The molecule has 0 aromatic heterocycles. The summed E-state index contributed by atoms with van der Waals surface area (Å²) in [5.41, 5.74) is 5.06. The monoisotopic (exact) mass is 446 g/mol. The summed E-state index contributed by atoms with van der Waals surface area (Å²) in [4.78, 5) is 7.62. The van der Waals surface area contributed by atoms with Gasteiger partial charge in [-0.3, -0.25) is 4.90 Å². The van der Waals surface area contributed by atoms with E-state index < -0.39 is 0 Å². The Hall–Kier alpha value is -3.69. The van der Waals surface area contributed by atoms with Crippen LogP contribution < -0.4 is 0 Å². The molecule has 1 heterocycles. The van der Waals surface area contributed by atoms with Crippen molar-refractivity contribution < 1.29 is 4.74 Å². The molecule has 4 aromatic rings. The molecule has 3 heteroatoms. The van der Waals surface area contributed by atoms with E-state index in [1.807, 2.05) is 6.07 Å². The molecule has 4 aromatic carbocycles. The van der Waals surface area contributed by atoms with Crippen molar-refractivity contribution in [1.29, 1.82) is 0 Å². The highest BCUT2D eigenvalue weighted by Gasteiger charge is 2.31. The molecule has 170 valence electrons. The van der Waals surface area contributed by atoms with Crippen LogP contribution in [0.5, 0.6) is 0 Å². The second-order valence-electron chi connectivity index (χ2n) is 8.79. The van der Waals surface area contributed by atoms with Crippen molar-refractivity contribution in [3.05, 3.63) is 144 Å². The van der Waals surface area contributed by atoms with Crippen molar-refractivity contribution in [2.75, 3.05) is 6.61 Å². The van der Waals surface area contributed by atoms with Gasteiger partial charge >= 0.3 is 0 Å². The summed E-state index contributed by atoms with van der Waals surface area (Å²) in [7, 11) is 0. The van der Waals surface area contributed by atoms with Gasteiger partial charge in [0.25, 0.3) is 0 Å². The van der Waals surface area contributed by atoms with Crippen molar-refractivity contribution in [3.8, 4) is 0 Å². The van der Waals surface area contributed by atoms with E-state index >= 15 is 0 Å². The van der Waals surface area contributed by atoms with Crippen LogP contribution in [0.15, 0.2) is 126 Å². The van der Waals surface area contributed by atoms with Gasteiger partial charge in [-0.05, 0) is 28.7 Å². The molecule has 1 aliphatic rings. The third-order valence-electron chi connectivity index (χ3n) is 6.31. The molecule has 0 unspecified atom stereocenters. The van der Waals surface area contributed by atoms with E-state index in [-0.39, 0.29) is 12.1 Å². The lowest BCUT2D eigenvalue weighted by Gasteiger charge is -2.31. The number of ether oxygens (including phenoxy) is 1. The highest BCUT2D eigenvalue weighted by atomic mass is 16.5. The van der Waals surface area contributed by atoms with Crippen LogP contribution in [0.3, 0.4) is 0 Å². The Labute approximate surface area is 202 Å². The maximum absolute atomic E-state index is 6.32. The molecule has 1 aliphatic heterocycles. The first-order chi connectivity index (χ1) is 16.8. The van der Waals surface area contributed by atoms with Gasteiger partial charge in [0.2, 0.25) is 5.90 Å². The number of aliphatic imine (C=N–C) groups is 1. The predicted octanol–water partition coefficient (Wildman–Crippen LogP) is 6.47. The first kappa shape index (κ1) is 22.1. The second kappa shape index (κ2) is 11.0. The van der Waals surface area contributed by atoms with Crippen molar-refractivity contribution in [1.82, 2.24) is 4.90 Å². The fraction of sp³-hybridized carbons (Fsp3) is 0.194. The van der Waals surface area contributed by atoms with Crippen LogP contribution in [0.25, 0.3) is 0 Å². The Morgan fingerprint density at radius 2 is 1.12 bits per heavy atom. The molecular formula is C31H30N2O. The molecule has 0 amide bonds. The minimum atomic E-state index is 0.0384. The van der Waals surface area contributed by atoms with Crippen LogP contribution in [-0.2, 0) is 24.2 Å². The molecule has 0 saturated carbocycles. The quantitative estimate of drug-likeness (QED) is 0.294. The summed E-state index contributed by atoms with van der Waals surface area (Å²) in [5.74, 6) is 0.838. The average molecular weight is 447 g/mol. The molecular weight excluding hydrogens is 416 g/mol. The lowest BCUT2D eigenvalue weighted by molar-refractivity contribution is 0.191. The Morgan fingerprint density at radius 1 is 0.647 bits per heavy atom. The van der Waals surface area contributed by atoms with Gasteiger partial charge < -0.3 is 4.74 Å². The summed E-state index contributed by atoms with van der Waals surface area (Å²) < 4.78 is 6.32. The van der Waals surface area contributed by atoms with Crippen molar-refractivity contribution in [2.45, 2.75) is 31.6 Å². The first-order valence-corrected chi connectivity index (χ1v) is 12.0. The van der Waals surface area contributed by atoms with Gasteiger partial charge in [-0.15, -0.1) is 0 Å². The number of hydrogen-bond donors (Lipinski definition) is 0. The number of benzene rings is 4. The van der Waals surface area contributed by atoms with E-state index in [0.717, 1.165) is 25.4 Å². The topological polar surface area (TPSA) is 24.8 Å². The van der Waals surface area contributed by atoms with E-state index in [1.54, 1.807) is 0 Å².